The zero-order valence-corrected chi connectivity index (χ0v) is 13.0. The highest BCUT2D eigenvalue weighted by atomic mass is 16.5. The lowest BCUT2D eigenvalue weighted by Gasteiger charge is -2.09. The lowest BCUT2D eigenvalue weighted by molar-refractivity contribution is -0.144. The summed E-state index contributed by atoms with van der Waals surface area (Å²) in [6, 6.07) is 16.4. The summed E-state index contributed by atoms with van der Waals surface area (Å²) in [6.07, 6.45) is 0.119. The minimum absolute atomic E-state index is 0.119. The predicted molar refractivity (Wildman–Crippen MR) is 86.2 cm³/mol. The molecule has 2 aromatic carbocycles. The highest BCUT2D eigenvalue weighted by molar-refractivity contribution is 5.97. The maximum atomic E-state index is 12.0. The molecule has 0 unspecified atom stereocenters. The molecule has 5 nitrogen and oxygen atoms in total. The Hall–Kier alpha value is -2.82. The first kappa shape index (κ1) is 16.5. The third kappa shape index (κ3) is 5.14. The van der Waals surface area contributed by atoms with E-state index >= 15 is 0 Å². The number of benzene rings is 2. The predicted octanol–water partition coefficient (Wildman–Crippen LogP) is 2.56. The summed E-state index contributed by atoms with van der Waals surface area (Å²) >= 11 is 0. The molecule has 0 aliphatic carbocycles. The van der Waals surface area contributed by atoms with Crippen LogP contribution in [-0.4, -0.2) is 25.5 Å². The summed E-state index contributed by atoms with van der Waals surface area (Å²) in [5, 5.41) is 2.68. The molecule has 0 bridgehead atoms. The smallest absolute Gasteiger partial charge is 0.307 e. The molecular weight excluding hydrogens is 294 g/mol. The number of carbonyl (C=O) groups excluding carboxylic acids is 2. The summed E-state index contributed by atoms with van der Waals surface area (Å²) in [5.74, 6) is -0.135. The van der Waals surface area contributed by atoms with E-state index in [9.17, 15) is 9.59 Å². The Balaban J connectivity index is 1.74. The summed E-state index contributed by atoms with van der Waals surface area (Å²) in [7, 11) is 1.51. The van der Waals surface area contributed by atoms with Gasteiger partial charge in [0.1, 0.15) is 12.4 Å². The summed E-state index contributed by atoms with van der Waals surface area (Å²) in [6.45, 7) is 0.449. The average Bonchev–Trinajstić information content (AvgIpc) is 2.60. The lowest BCUT2D eigenvalue weighted by atomic mass is 10.2. The molecule has 0 saturated carbocycles. The number of para-hydroxylation sites is 1. The molecule has 5 heteroatoms. The molecule has 1 N–H and O–H groups in total. The molecule has 2 aromatic rings. The quantitative estimate of drug-likeness (QED) is 0.798. The molecule has 0 radical (unpaired) electrons. The number of hydrogen-bond acceptors (Lipinski definition) is 4. The average molecular weight is 313 g/mol. The fourth-order valence-electron chi connectivity index (χ4n) is 2.02. The molecule has 0 heterocycles. The number of nitrogens with one attached hydrogen (secondary N) is 1. The SMILES string of the molecule is COc1ccccc1C(=O)NCCC(=O)OCc1ccccc1. The van der Waals surface area contributed by atoms with Crippen molar-refractivity contribution >= 4 is 11.9 Å². The lowest BCUT2D eigenvalue weighted by Crippen LogP contribution is -2.26. The van der Waals surface area contributed by atoms with Crippen LogP contribution in [0.1, 0.15) is 22.3 Å². The van der Waals surface area contributed by atoms with Crippen molar-refractivity contribution in [3.05, 3.63) is 65.7 Å². The topological polar surface area (TPSA) is 64.6 Å². The Morgan fingerprint density at radius 2 is 1.70 bits per heavy atom. The van der Waals surface area contributed by atoms with Crippen molar-refractivity contribution in [1.29, 1.82) is 0 Å². The van der Waals surface area contributed by atoms with Gasteiger partial charge in [-0.05, 0) is 17.7 Å². The van der Waals surface area contributed by atoms with Gasteiger partial charge >= 0.3 is 5.97 Å². The zero-order chi connectivity index (χ0) is 16.5. The number of ether oxygens (including phenoxy) is 2. The summed E-state index contributed by atoms with van der Waals surface area (Å²) < 4.78 is 10.3. The first-order valence-electron chi connectivity index (χ1n) is 7.31. The second-order valence-corrected chi connectivity index (χ2v) is 4.85. The van der Waals surface area contributed by atoms with Crippen molar-refractivity contribution in [2.45, 2.75) is 13.0 Å². The second kappa shape index (κ2) is 8.58. The number of amides is 1. The minimum atomic E-state index is -0.353. The van der Waals surface area contributed by atoms with Gasteiger partial charge in [0.05, 0.1) is 19.1 Å². The Kier molecular flexibility index (Phi) is 6.17. The Morgan fingerprint density at radius 3 is 2.43 bits per heavy atom. The molecule has 0 atom stereocenters. The van der Waals surface area contributed by atoms with Crippen LogP contribution in [0.2, 0.25) is 0 Å². The standard InChI is InChI=1S/C18H19NO4/c1-22-16-10-6-5-9-15(16)18(21)19-12-11-17(20)23-13-14-7-3-2-4-8-14/h2-10H,11-13H2,1H3,(H,19,21). The van der Waals surface area contributed by atoms with Crippen LogP contribution in [0, 0.1) is 0 Å². The van der Waals surface area contributed by atoms with Crippen LogP contribution in [0.4, 0.5) is 0 Å². The summed E-state index contributed by atoms with van der Waals surface area (Å²) in [4.78, 5) is 23.7. The molecule has 120 valence electrons. The first-order chi connectivity index (χ1) is 11.2. The van der Waals surface area contributed by atoms with Crippen LogP contribution >= 0.6 is 0 Å². The van der Waals surface area contributed by atoms with Crippen molar-refractivity contribution in [2.75, 3.05) is 13.7 Å². The fourth-order valence-corrected chi connectivity index (χ4v) is 2.02. The Bertz CT molecular complexity index is 655. The van der Waals surface area contributed by atoms with Crippen molar-refractivity contribution in [1.82, 2.24) is 5.32 Å². The van der Waals surface area contributed by atoms with Gasteiger partial charge in [-0.25, -0.2) is 0 Å². The van der Waals surface area contributed by atoms with E-state index in [1.54, 1.807) is 24.3 Å². The van der Waals surface area contributed by atoms with E-state index in [1.165, 1.54) is 7.11 Å². The first-order valence-corrected chi connectivity index (χ1v) is 7.31. The molecule has 0 aliphatic rings. The van der Waals surface area contributed by atoms with Gasteiger partial charge in [-0.3, -0.25) is 9.59 Å². The van der Waals surface area contributed by atoms with E-state index in [0.29, 0.717) is 11.3 Å². The molecule has 0 aromatic heterocycles. The highest BCUT2D eigenvalue weighted by Crippen LogP contribution is 2.16. The van der Waals surface area contributed by atoms with Gasteiger partial charge in [0.2, 0.25) is 0 Å². The monoisotopic (exact) mass is 313 g/mol. The molecule has 0 fully saturated rings. The van der Waals surface area contributed by atoms with Crippen LogP contribution in [0.3, 0.4) is 0 Å². The van der Waals surface area contributed by atoms with Gasteiger partial charge in [0, 0.05) is 6.54 Å². The third-order valence-electron chi connectivity index (χ3n) is 3.21. The maximum Gasteiger partial charge on any atom is 0.307 e. The van der Waals surface area contributed by atoms with Crippen LogP contribution in [0.25, 0.3) is 0 Å². The molecule has 0 aliphatic heterocycles. The molecule has 0 spiro atoms. The van der Waals surface area contributed by atoms with Gasteiger partial charge in [0.15, 0.2) is 0 Å². The van der Waals surface area contributed by atoms with E-state index in [-0.39, 0.29) is 31.4 Å². The zero-order valence-electron chi connectivity index (χ0n) is 13.0. The van der Waals surface area contributed by atoms with Gasteiger partial charge in [-0.1, -0.05) is 42.5 Å². The third-order valence-corrected chi connectivity index (χ3v) is 3.21. The van der Waals surface area contributed by atoms with Crippen molar-refractivity contribution in [2.24, 2.45) is 0 Å². The number of methoxy groups -OCH3 is 1. The van der Waals surface area contributed by atoms with Gasteiger partial charge in [0.25, 0.3) is 5.91 Å². The molecule has 0 saturated heterocycles. The highest BCUT2D eigenvalue weighted by Gasteiger charge is 2.11. The number of carbonyl (C=O) groups is 2. The van der Waals surface area contributed by atoms with E-state index < -0.39 is 0 Å². The van der Waals surface area contributed by atoms with E-state index in [2.05, 4.69) is 5.32 Å². The molecule has 2 rings (SSSR count). The maximum absolute atomic E-state index is 12.0. The minimum Gasteiger partial charge on any atom is -0.496 e. The van der Waals surface area contributed by atoms with Crippen LogP contribution in [0.5, 0.6) is 5.75 Å². The van der Waals surface area contributed by atoms with E-state index in [1.807, 2.05) is 30.3 Å². The molecule has 1 amide bonds. The summed E-state index contributed by atoms with van der Waals surface area (Å²) in [5.41, 5.74) is 1.37. The van der Waals surface area contributed by atoms with Crippen LogP contribution < -0.4 is 10.1 Å². The van der Waals surface area contributed by atoms with Crippen molar-refractivity contribution in [3.8, 4) is 5.75 Å². The second-order valence-electron chi connectivity index (χ2n) is 4.85. The Labute approximate surface area is 135 Å². The molecule has 23 heavy (non-hydrogen) atoms. The number of hydrogen-bond donors (Lipinski definition) is 1. The van der Waals surface area contributed by atoms with Gasteiger partial charge in [-0.15, -0.1) is 0 Å². The number of esters is 1. The Morgan fingerprint density at radius 1 is 1.00 bits per heavy atom. The number of rotatable bonds is 7. The van der Waals surface area contributed by atoms with Crippen molar-refractivity contribution in [3.63, 3.8) is 0 Å². The van der Waals surface area contributed by atoms with Crippen LogP contribution in [0.15, 0.2) is 54.6 Å². The van der Waals surface area contributed by atoms with Gasteiger partial charge in [-0.2, -0.15) is 0 Å². The fraction of sp³-hybridized carbons (Fsp3) is 0.222. The normalized spacial score (nSPS) is 9.96. The largest absolute Gasteiger partial charge is 0.496 e. The molecular formula is C18H19NO4. The van der Waals surface area contributed by atoms with E-state index in [4.69, 9.17) is 9.47 Å². The van der Waals surface area contributed by atoms with Crippen molar-refractivity contribution < 1.29 is 19.1 Å². The van der Waals surface area contributed by atoms with Gasteiger partial charge < -0.3 is 14.8 Å². The van der Waals surface area contributed by atoms with Crippen LogP contribution in [-0.2, 0) is 16.1 Å². The van der Waals surface area contributed by atoms with E-state index in [0.717, 1.165) is 5.56 Å².